The predicted octanol–water partition coefficient (Wildman–Crippen LogP) is 2.65. The number of aromatic nitrogens is 1. The number of likely N-dealkylation sites (N-methyl/N-ethyl adjacent to an activating group) is 1. The molecule has 19 heavy (non-hydrogen) atoms. The van der Waals surface area contributed by atoms with Gasteiger partial charge in [0.1, 0.15) is 0 Å². The quantitative estimate of drug-likeness (QED) is 0.664. The maximum absolute atomic E-state index is 11.0. The first kappa shape index (κ1) is 14.2. The first-order valence-electron chi connectivity index (χ1n) is 6.16. The highest BCUT2D eigenvalue weighted by Gasteiger charge is 2.39. The largest absolute Gasteiger partial charge is 0.362 e. The number of nitro groups is 1. The summed E-state index contributed by atoms with van der Waals surface area (Å²) < 4.78 is 0.607. The van der Waals surface area contributed by atoms with E-state index in [0.717, 1.165) is 12.8 Å². The molecule has 1 aromatic heterocycles. The van der Waals surface area contributed by atoms with Gasteiger partial charge >= 0.3 is 5.69 Å². The number of rotatable bonds is 5. The number of hydrogen-bond acceptors (Lipinski definition) is 5. The summed E-state index contributed by atoms with van der Waals surface area (Å²) in [4.78, 5) is 16.9. The fourth-order valence-electron chi connectivity index (χ4n) is 2.32. The zero-order valence-corrected chi connectivity index (χ0v) is 12.6. The van der Waals surface area contributed by atoms with Crippen LogP contribution in [-0.2, 0) is 0 Å². The molecule has 1 N–H and O–H groups in total. The minimum Gasteiger partial charge on any atom is -0.362 e. The van der Waals surface area contributed by atoms with Crippen molar-refractivity contribution in [3.05, 3.63) is 26.9 Å². The number of halogens is 1. The molecule has 0 amide bonds. The van der Waals surface area contributed by atoms with E-state index >= 15 is 0 Å². The Labute approximate surface area is 120 Å². The lowest BCUT2D eigenvalue weighted by Gasteiger charge is -2.47. The third-order valence-electron chi connectivity index (χ3n) is 3.85. The fourth-order valence-corrected chi connectivity index (χ4v) is 2.64. The van der Waals surface area contributed by atoms with Gasteiger partial charge < -0.3 is 10.2 Å². The predicted molar refractivity (Wildman–Crippen MR) is 77.4 cm³/mol. The number of anilines is 1. The molecule has 2 rings (SSSR count). The van der Waals surface area contributed by atoms with Crippen molar-refractivity contribution in [2.45, 2.75) is 24.8 Å². The SMILES string of the molecule is CN(C)C1(CNc2ncc(Br)cc2[N+](=O)[O-])CCC1. The minimum atomic E-state index is -0.413. The van der Waals surface area contributed by atoms with Gasteiger partial charge in [-0.3, -0.25) is 10.1 Å². The molecular formula is C12H17BrN4O2. The summed E-state index contributed by atoms with van der Waals surface area (Å²) in [5, 5.41) is 14.1. The first-order valence-corrected chi connectivity index (χ1v) is 6.95. The zero-order chi connectivity index (χ0) is 14.0. The maximum atomic E-state index is 11.0. The van der Waals surface area contributed by atoms with Crippen LogP contribution in [0, 0.1) is 10.1 Å². The molecule has 0 radical (unpaired) electrons. The summed E-state index contributed by atoms with van der Waals surface area (Å²) in [7, 11) is 4.09. The molecule has 7 heteroatoms. The summed E-state index contributed by atoms with van der Waals surface area (Å²) in [5.74, 6) is 0.335. The Kier molecular flexibility index (Phi) is 4.05. The third kappa shape index (κ3) is 2.87. The average molecular weight is 329 g/mol. The summed E-state index contributed by atoms with van der Waals surface area (Å²) in [6.07, 6.45) is 4.99. The first-order chi connectivity index (χ1) is 8.94. The highest BCUT2D eigenvalue weighted by molar-refractivity contribution is 9.10. The molecule has 1 heterocycles. The number of pyridine rings is 1. The number of nitrogens with one attached hydrogen (secondary N) is 1. The third-order valence-corrected chi connectivity index (χ3v) is 4.28. The summed E-state index contributed by atoms with van der Waals surface area (Å²) in [6.45, 7) is 0.676. The van der Waals surface area contributed by atoms with E-state index in [1.165, 1.54) is 12.5 Å². The zero-order valence-electron chi connectivity index (χ0n) is 11.0. The molecular weight excluding hydrogens is 312 g/mol. The molecule has 0 bridgehead atoms. The highest BCUT2D eigenvalue weighted by Crippen LogP contribution is 2.36. The van der Waals surface area contributed by atoms with Crippen LogP contribution in [0.5, 0.6) is 0 Å². The maximum Gasteiger partial charge on any atom is 0.312 e. The van der Waals surface area contributed by atoms with E-state index < -0.39 is 4.92 Å². The Morgan fingerprint density at radius 3 is 2.74 bits per heavy atom. The van der Waals surface area contributed by atoms with E-state index in [-0.39, 0.29) is 11.2 Å². The van der Waals surface area contributed by atoms with Crippen molar-refractivity contribution >= 4 is 27.4 Å². The van der Waals surface area contributed by atoms with Crippen molar-refractivity contribution < 1.29 is 4.92 Å². The molecule has 1 aliphatic carbocycles. The van der Waals surface area contributed by atoms with Gasteiger partial charge in [0.2, 0.25) is 5.82 Å². The lowest BCUT2D eigenvalue weighted by Crippen LogP contribution is -2.54. The molecule has 0 saturated heterocycles. The molecule has 0 spiro atoms. The Balaban J connectivity index is 2.13. The van der Waals surface area contributed by atoms with Crippen molar-refractivity contribution in [2.24, 2.45) is 0 Å². The van der Waals surface area contributed by atoms with Crippen LogP contribution < -0.4 is 5.32 Å². The molecule has 1 aliphatic rings. The van der Waals surface area contributed by atoms with E-state index in [9.17, 15) is 10.1 Å². The van der Waals surface area contributed by atoms with Gasteiger partial charge in [-0.15, -0.1) is 0 Å². The summed E-state index contributed by atoms with van der Waals surface area (Å²) in [6, 6.07) is 1.47. The smallest absolute Gasteiger partial charge is 0.312 e. The van der Waals surface area contributed by atoms with Gasteiger partial charge in [-0.1, -0.05) is 0 Å². The van der Waals surface area contributed by atoms with Crippen LogP contribution in [0.2, 0.25) is 0 Å². The van der Waals surface area contributed by atoms with Gasteiger partial charge in [-0.25, -0.2) is 4.98 Å². The second-order valence-corrected chi connectivity index (χ2v) is 6.02. The van der Waals surface area contributed by atoms with Gasteiger partial charge in [0.05, 0.1) is 4.92 Å². The lowest BCUT2D eigenvalue weighted by atomic mass is 9.75. The number of hydrogen-bond donors (Lipinski definition) is 1. The van der Waals surface area contributed by atoms with E-state index in [2.05, 4.69) is 31.1 Å². The normalized spacial score (nSPS) is 17.1. The van der Waals surface area contributed by atoms with E-state index in [0.29, 0.717) is 16.8 Å². The molecule has 1 fully saturated rings. The minimum absolute atomic E-state index is 0.00241. The Morgan fingerprint density at radius 1 is 1.58 bits per heavy atom. The second-order valence-electron chi connectivity index (χ2n) is 5.10. The molecule has 1 saturated carbocycles. The molecule has 0 aromatic carbocycles. The molecule has 104 valence electrons. The van der Waals surface area contributed by atoms with Crippen molar-refractivity contribution in [3.8, 4) is 0 Å². The summed E-state index contributed by atoms with van der Waals surface area (Å²) >= 11 is 3.20. The van der Waals surface area contributed by atoms with Crippen LogP contribution in [0.4, 0.5) is 11.5 Å². The molecule has 6 nitrogen and oxygen atoms in total. The van der Waals surface area contributed by atoms with Gasteiger partial charge in [0, 0.05) is 28.8 Å². The fraction of sp³-hybridized carbons (Fsp3) is 0.583. The van der Waals surface area contributed by atoms with Gasteiger partial charge in [0.25, 0.3) is 0 Å². The van der Waals surface area contributed by atoms with Gasteiger partial charge in [0.15, 0.2) is 0 Å². The van der Waals surface area contributed by atoms with Crippen LogP contribution in [0.1, 0.15) is 19.3 Å². The van der Waals surface area contributed by atoms with Crippen LogP contribution in [0.25, 0.3) is 0 Å². The molecule has 0 atom stereocenters. The Morgan fingerprint density at radius 2 is 2.26 bits per heavy atom. The second kappa shape index (κ2) is 5.42. The van der Waals surface area contributed by atoms with Crippen molar-refractivity contribution in [1.82, 2.24) is 9.88 Å². The van der Waals surface area contributed by atoms with Crippen LogP contribution in [-0.4, -0.2) is 41.0 Å². The molecule has 0 aliphatic heterocycles. The van der Waals surface area contributed by atoms with Gasteiger partial charge in [-0.2, -0.15) is 0 Å². The molecule has 1 aromatic rings. The summed E-state index contributed by atoms with van der Waals surface area (Å²) in [5.41, 5.74) is 0.102. The molecule has 0 unspecified atom stereocenters. The van der Waals surface area contributed by atoms with Gasteiger partial charge in [-0.05, 0) is 49.3 Å². The standard InChI is InChI=1S/C12H17BrN4O2/c1-16(2)12(4-3-5-12)8-15-11-10(17(18)19)6-9(13)7-14-11/h6-7H,3-5,8H2,1-2H3,(H,14,15). The highest BCUT2D eigenvalue weighted by atomic mass is 79.9. The van der Waals surface area contributed by atoms with E-state index in [1.807, 2.05) is 14.1 Å². The topological polar surface area (TPSA) is 71.3 Å². The monoisotopic (exact) mass is 328 g/mol. The Bertz CT molecular complexity index is 489. The van der Waals surface area contributed by atoms with Crippen molar-refractivity contribution in [3.63, 3.8) is 0 Å². The van der Waals surface area contributed by atoms with Crippen LogP contribution >= 0.6 is 15.9 Å². The van der Waals surface area contributed by atoms with Crippen molar-refractivity contribution in [1.29, 1.82) is 0 Å². The van der Waals surface area contributed by atoms with Crippen molar-refractivity contribution in [2.75, 3.05) is 26.0 Å². The number of nitrogens with zero attached hydrogens (tertiary/aromatic N) is 3. The average Bonchev–Trinajstić information content (AvgIpc) is 2.28. The Hall–Kier alpha value is -1.21. The van der Waals surface area contributed by atoms with E-state index in [4.69, 9.17) is 0 Å². The van der Waals surface area contributed by atoms with Crippen LogP contribution in [0.15, 0.2) is 16.7 Å². The van der Waals surface area contributed by atoms with Crippen LogP contribution in [0.3, 0.4) is 0 Å². The van der Waals surface area contributed by atoms with E-state index in [1.54, 1.807) is 6.20 Å². The lowest BCUT2D eigenvalue weighted by molar-refractivity contribution is -0.384.